The number of hydrogen-bond donors (Lipinski definition) is 1. The second-order valence-electron chi connectivity index (χ2n) is 4.92. The van der Waals surface area contributed by atoms with Crippen molar-refractivity contribution in [1.29, 1.82) is 0 Å². The lowest BCUT2D eigenvalue weighted by atomic mass is 10.1. The summed E-state index contributed by atoms with van der Waals surface area (Å²) in [4.78, 5) is 2.43. The van der Waals surface area contributed by atoms with E-state index < -0.39 is 0 Å². The van der Waals surface area contributed by atoms with Crippen LogP contribution in [0.1, 0.15) is 31.4 Å². The molecule has 3 nitrogen and oxygen atoms in total. The van der Waals surface area contributed by atoms with Crippen molar-refractivity contribution < 1.29 is 4.74 Å². The summed E-state index contributed by atoms with van der Waals surface area (Å²) >= 11 is 3.67. The second-order valence-corrected chi connectivity index (χ2v) is 5.77. The van der Waals surface area contributed by atoms with E-state index in [1.807, 2.05) is 6.92 Å². The van der Waals surface area contributed by atoms with Gasteiger partial charge < -0.3 is 15.4 Å². The van der Waals surface area contributed by atoms with Crippen LogP contribution < -0.4 is 10.6 Å². The van der Waals surface area contributed by atoms with Crippen LogP contribution in [0.3, 0.4) is 0 Å². The molecule has 0 heterocycles. The molecule has 0 bridgehead atoms. The van der Waals surface area contributed by atoms with Gasteiger partial charge in [0.05, 0.1) is 12.3 Å². The molecule has 0 saturated heterocycles. The highest BCUT2D eigenvalue weighted by Gasteiger charge is 2.30. The molecule has 18 heavy (non-hydrogen) atoms. The molecule has 1 aromatic carbocycles. The van der Waals surface area contributed by atoms with Gasteiger partial charge in [-0.3, -0.25) is 0 Å². The summed E-state index contributed by atoms with van der Waals surface area (Å²) in [5.74, 6) is 0. The number of benzene rings is 1. The van der Waals surface area contributed by atoms with Crippen LogP contribution in [0.5, 0.6) is 0 Å². The van der Waals surface area contributed by atoms with Crippen molar-refractivity contribution in [2.24, 2.45) is 5.73 Å². The maximum absolute atomic E-state index is 5.91. The number of nitrogens with zero attached hydrogens (tertiary/aromatic N) is 1. The van der Waals surface area contributed by atoms with Crippen LogP contribution in [0.25, 0.3) is 0 Å². The Morgan fingerprint density at radius 2 is 2.22 bits per heavy atom. The lowest BCUT2D eigenvalue weighted by Crippen LogP contribution is -2.29. The normalized spacial score (nSPS) is 16.7. The third kappa shape index (κ3) is 3.25. The number of hydrogen-bond acceptors (Lipinski definition) is 3. The van der Waals surface area contributed by atoms with E-state index in [1.54, 1.807) is 7.11 Å². The molecule has 0 amide bonds. The number of methoxy groups -OCH3 is 1. The topological polar surface area (TPSA) is 38.5 Å². The van der Waals surface area contributed by atoms with Crippen LogP contribution >= 0.6 is 15.9 Å². The fourth-order valence-electron chi connectivity index (χ4n) is 2.11. The summed E-state index contributed by atoms with van der Waals surface area (Å²) in [6.45, 7) is 3.71. The maximum atomic E-state index is 5.91. The van der Waals surface area contributed by atoms with Crippen molar-refractivity contribution >= 4 is 21.6 Å². The van der Waals surface area contributed by atoms with Gasteiger partial charge in [-0.05, 0) is 53.4 Å². The highest BCUT2D eigenvalue weighted by atomic mass is 79.9. The molecule has 2 rings (SSSR count). The minimum absolute atomic E-state index is 0.0729. The summed E-state index contributed by atoms with van der Waals surface area (Å²) in [5, 5.41) is 0. The minimum atomic E-state index is 0.0729. The molecule has 0 radical (unpaired) electrons. The Labute approximate surface area is 117 Å². The largest absolute Gasteiger partial charge is 0.383 e. The van der Waals surface area contributed by atoms with E-state index >= 15 is 0 Å². The highest BCUT2D eigenvalue weighted by Crippen LogP contribution is 2.36. The van der Waals surface area contributed by atoms with Gasteiger partial charge in [-0.15, -0.1) is 0 Å². The van der Waals surface area contributed by atoms with Crippen molar-refractivity contribution in [3.8, 4) is 0 Å². The van der Waals surface area contributed by atoms with Crippen LogP contribution in [0.4, 0.5) is 5.69 Å². The van der Waals surface area contributed by atoms with E-state index in [1.165, 1.54) is 18.5 Å². The van der Waals surface area contributed by atoms with Gasteiger partial charge in [0, 0.05) is 30.2 Å². The number of halogens is 1. The second kappa shape index (κ2) is 6.04. The van der Waals surface area contributed by atoms with Crippen molar-refractivity contribution in [2.75, 3.05) is 25.2 Å². The smallest absolute Gasteiger partial charge is 0.0637 e. The fourth-order valence-corrected chi connectivity index (χ4v) is 2.74. The number of ether oxygens (including phenoxy) is 1. The Bertz CT molecular complexity index is 405. The third-order valence-corrected chi connectivity index (χ3v) is 3.97. The van der Waals surface area contributed by atoms with Gasteiger partial charge >= 0.3 is 0 Å². The molecule has 4 heteroatoms. The molecule has 1 atom stereocenters. The van der Waals surface area contributed by atoms with Gasteiger partial charge in [0.25, 0.3) is 0 Å². The Morgan fingerprint density at radius 3 is 2.72 bits per heavy atom. The molecule has 0 spiro atoms. The molecule has 1 saturated carbocycles. The molecule has 1 aliphatic carbocycles. The maximum Gasteiger partial charge on any atom is 0.0637 e. The van der Waals surface area contributed by atoms with Crippen LogP contribution in [0.15, 0.2) is 22.7 Å². The van der Waals surface area contributed by atoms with Crippen molar-refractivity contribution in [1.82, 2.24) is 0 Å². The molecule has 100 valence electrons. The first-order valence-electron chi connectivity index (χ1n) is 6.44. The van der Waals surface area contributed by atoms with Gasteiger partial charge in [-0.1, -0.05) is 6.07 Å². The first kappa shape index (κ1) is 13.8. The molecule has 1 fully saturated rings. The van der Waals surface area contributed by atoms with E-state index in [0.717, 1.165) is 23.2 Å². The Kier molecular flexibility index (Phi) is 4.65. The standard InChI is InChI=1S/C14H21BrN2O/c1-10(16)11-3-6-14(13(15)9-11)17(7-8-18-2)12-4-5-12/h3,6,9-10,12H,4-5,7-8,16H2,1-2H3. The highest BCUT2D eigenvalue weighted by molar-refractivity contribution is 9.10. The lowest BCUT2D eigenvalue weighted by Gasteiger charge is -2.26. The van der Waals surface area contributed by atoms with Gasteiger partial charge in [0.1, 0.15) is 0 Å². The monoisotopic (exact) mass is 312 g/mol. The summed E-state index contributed by atoms with van der Waals surface area (Å²) < 4.78 is 6.32. The van der Waals surface area contributed by atoms with Gasteiger partial charge in [0.2, 0.25) is 0 Å². The van der Waals surface area contributed by atoms with Crippen LogP contribution in [-0.2, 0) is 4.74 Å². The molecule has 1 aromatic rings. The van der Waals surface area contributed by atoms with Gasteiger partial charge in [-0.2, -0.15) is 0 Å². The van der Waals surface area contributed by atoms with Gasteiger partial charge in [0.15, 0.2) is 0 Å². The quantitative estimate of drug-likeness (QED) is 0.877. The van der Waals surface area contributed by atoms with Gasteiger partial charge in [-0.25, -0.2) is 0 Å². The summed E-state index contributed by atoms with van der Waals surface area (Å²) in [7, 11) is 1.75. The summed E-state index contributed by atoms with van der Waals surface area (Å²) in [6.07, 6.45) is 2.57. The molecule has 1 unspecified atom stereocenters. The summed E-state index contributed by atoms with van der Waals surface area (Å²) in [6, 6.07) is 7.16. The molecule has 1 aliphatic rings. The van der Waals surface area contributed by atoms with Crippen LogP contribution in [0, 0.1) is 0 Å². The zero-order valence-corrected chi connectivity index (χ0v) is 12.6. The molecule has 0 aliphatic heterocycles. The van der Waals surface area contributed by atoms with E-state index in [0.29, 0.717) is 6.04 Å². The predicted molar refractivity (Wildman–Crippen MR) is 79.0 cm³/mol. The number of rotatable bonds is 6. The van der Waals surface area contributed by atoms with E-state index in [9.17, 15) is 0 Å². The van der Waals surface area contributed by atoms with E-state index in [-0.39, 0.29) is 6.04 Å². The Balaban J connectivity index is 2.19. The van der Waals surface area contributed by atoms with Crippen LogP contribution in [-0.4, -0.2) is 26.3 Å². The SMILES string of the molecule is COCCN(c1ccc(C(C)N)cc1Br)C1CC1. The average Bonchev–Trinajstić information content (AvgIpc) is 3.15. The molecular formula is C14H21BrN2O. The molecular weight excluding hydrogens is 292 g/mol. The van der Waals surface area contributed by atoms with Crippen LogP contribution in [0.2, 0.25) is 0 Å². The third-order valence-electron chi connectivity index (χ3n) is 3.33. The minimum Gasteiger partial charge on any atom is -0.383 e. The summed E-state index contributed by atoms with van der Waals surface area (Å²) in [5.41, 5.74) is 8.32. The average molecular weight is 313 g/mol. The zero-order chi connectivity index (χ0) is 13.1. The first-order valence-corrected chi connectivity index (χ1v) is 7.23. The Hall–Kier alpha value is -0.580. The zero-order valence-electron chi connectivity index (χ0n) is 11.0. The Morgan fingerprint density at radius 1 is 1.50 bits per heavy atom. The van der Waals surface area contributed by atoms with Crippen molar-refractivity contribution in [3.63, 3.8) is 0 Å². The lowest BCUT2D eigenvalue weighted by molar-refractivity contribution is 0.205. The molecule has 2 N–H and O–H groups in total. The first-order chi connectivity index (χ1) is 8.63. The van der Waals surface area contributed by atoms with E-state index in [2.05, 4.69) is 39.0 Å². The molecule has 0 aromatic heterocycles. The predicted octanol–water partition coefficient (Wildman–Crippen LogP) is 3.08. The van der Waals surface area contributed by atoms with E-state index in [4.69, 9.17) is 10.5 Å². The van der Waals surface area contributed by atoms with Crippen molar-refractivity contribution in [3.05, 3.63) is 28.2 Å². The fraction of sp³-hybridized carbons (Fsp3) is 0.571. The van der Waals surface area contributed by atoms with Crippen molar-refractivity contribution in [2.45, 2.75) is 31.8 Å². The number of anilines is 1. The number of nitrogens with two attached hydrogens (primary N) is 1.